The summed E-state index contributed by atoms with van der Waals surface area (Å²) in [4.78, 5) is 18.7. The molecule has 106 valence electrons. The summed E-state index contributed by atoms with van der Waals surface area (Å²) in [5.41, 5.74) is 0.847. The van der Waals surface area contributed by atoms with Gasteiger partial charge in [-0.1, -0.05) is 18.5 Å². The van der Waals surface area contributed by atoms with E-state index in [1.807, 2.05) is 21.7 Å². The van der Waals surface area contributed by atoms with E-state index in [1.54, 1.807) is 28.9 Å². The number of thiophene rings is 1. The first kappa shape index (κ1) is 14.0. The topological polar surface area (TPSA) is 33.2 Å². The van der Waals surface area contributed by atoms with Crippen molar-refractivity contribution in [3.63, 3.8) is 0 Å². The molecule has 1 aliphatic rings. The molecule has 1 fully saturated rings. The Morgan fingerprint density at radius 2 is 2.20 bits per heavy atom. The Morgan fingerprint density at radius 3 is 2.75 bits per heavy atom. The lowest BCUT2D eigenvalue weighted by atomic mass is 9.81. The van der Waals surface area contributed by atoms with Crippen molar-refractivity contribution in [2.45, 2.75) is 25.2 Å². The lowest BCUT2D eigenvalue weighted by molar-refractivity contribution is 0.0676. The summed E-state index contributed by atoms with van der Waals surface area (Å²) < 4.78 is 0.734. The summed E-state index contributed by atoms with van der Waals surface area (Å²) in [6, 6.07) is 1.89. The second-order valence-corrected chi connectivity index (χ2v) is 7.78. The molecule has 0 aromatic carbocycles. The molecule has 0 unspecified atom stereocenters. The number of piperidine rings is 1. The quantitative estimate of drug-likeness (QED) is 0.834. The molecule has 0 atom stereocenters. The summed E-state index contributed by atoms with van der Waals surface area (Å²) in [7, 11) is 0. The number of aromatic nitrogens is 1. The summed E-state index contributed by atoms with van der Waals surface area (Å²) in [5.74, 6) is 0.144. The smallest absolute Gasteiger partial charge is 0.254 e. The molecule has 2 aromatic heterocycles. The molecule has 0 bridgehead atoms. The highest BCUT2D eigenvalue weighted by Crippen LogP contribution is 2.38. The third-order valence-electron chi connectivity index (χ3n) is 3.92. The highest BCUT2D eigenvalue weighted by atomic mass is 35.5. The van der Waals surface area contributed by atoms with Crippen LogP contribution >= 0.6 is 34.3 Å². The Balaban J connectivity index is 1.69. The Hall–Kier alpha value is -0.910. The van der Waals surface area contributed by atoms with Gasteiger partial charge in [-0.3, -0.25) is 4.79 Å². The fourth-order valence-electron chi connectivity index (χ4n) is 2.52. The SMILES string of the molecule is CC1(c2ncc(Cl)s2)CCN(C(=O)c2ccsc2)CC1. The molecule has 0 saturated carbocycles. The van der Waals surface area contributed by atoms with Crippen LogP contribution in [0.4, 0.5) is 0 Å². The van der Waals surface area contributed by atoms with E-state index < -0.39 is 0 Å². The Kier molecular flexibility index (Phi) is 3.84. The van der Waals surface area contributed by atoms with E-state index >= 15 is 0 Å². The molecule has 6 heteroatoms. The van der Waals surface area contributed by atoms with Gasteiger partial charge in [0.25, 0.3) is 5.91 Å². The maximum atomic E-state index is 12.3. The maximum Gasteiger partial charge on any atom is 0.254 e. The summed E-state index contributed by atoms with van der Waals surface area (Å²) in [6.07, 6.45) is 3.59. The molecule has 20 heavy (non-hydrogen) atoms. The van der Waals surface area contributed by atoms with Crippen LogP contribution in [0.2, 0.25) is 4.34 Å². The Labute approximate surface area is 131 Å². The first-order valence-corrected chi connectivity index (χ1v) is 8.65. The van der Waals surface area contributed by atoms with Crippen molar-refractivity contribution in [1.82, 2.24) is 9.88 Å². The number of amides is 1. The highest BCUT2D eigenvalue weighted by Gasteiger charge is 2.35. The van der Waals surface area contributed by atoms with Crippen LogP contribution in [0, 0.1) is 0 Å². The van der Waals surface area contributed by atoms with Crippen LogP contribution < -0.4 is 0 Å². The van der Waals surface area contributed by atoms with Crippen molar-refractivity contribution >= 4 is 40.2 Å². The maximum absolute atomic E-state index is 12.3. The molecule has 3 heterocycles. The lowest BCUT2D eigenvalue weighted by Crippen LogP contribution is -2.43. The van der Waals surface area contributed by atoms with Crippen LogP contribution in [0.15, 0.2) is 23.0 Å². The van der Waals surface area contributed by atoms with Crippen molar-refractivity contribution in [2.24, 2.45) is 0 Å². The first-order chi connectivity index (χ1) is 9.58. The van der Waals surface area contributed by atoms with E-state index in [0.717, 1.165) is 40.8 Å². The van der Waals surface area contributed by atoms with Crippen LogP contribution in [0.3, 0.4) is 0 Å². The molecule has 0 spiro atoms. The number of rotatable bonds is 2. The zero-order valence-electron chi connectivity index (χ0n) is 11.1. The summed E-state index contributed by atoms with van der Waals surface area (Å²) >= 11 is 9.09. The van der Waals surface area contributed by atoms with E-state index in [4.69, 9.17) is 11.6 Å². The van der Waals surface area contributed by atoms with Gasteiger partial charge in [-0.05, 0) is 24.3 Å². The van der Waals surface area contributed by atoms with Gasteiger partial charge in [0.2, 0.25) is 0 Å². The summed E-state index contributed by atoms with van der Waals surface area (Å²) in [5, 5.41) is 4.94. The highest BCUT2D eigenvalue weighted by molar-refractivity contribution is 7.15. The predicted octanol–water partition coefficient (Wildman–Crippen LogP) is 4.05. The third kappa shape index (κ3) is 2.62. The average Bonchev–Trinajstić information content (AvgIpc) is 3.10. The van der Waals surface area contributed by atoms with Crippen LogP contribution in [-0.2, 0) is 5.41 Å². The van der Waals surface area contributed by atoms with E-state index in [0.29, 0.717) is 0 Å². The minimum absolute atomic E-state index is 0.0449. The van der Waals surface area contributed by atoms with E-state index in [-0.39, 0.29) is 11.3 Å². The number of hydrogen-bond donors (Lipinski definition) is 0. The zero-order valence-corrected chi connectivity index (χ0v) is 13.5. The van der Waals surface area contributed by atoms with Crippen molar-refractivity contribution in [1.29, 1.82) is 0 Å². The molecule has 1 aliphatic heterocycles. The van der Waals surface area contributed by atoms with E-state index in [9.17, 15) is 4.79 Å². The van der Waals surface area contributed by atoms with Crippen LogP contribution in [0.1, 0.15) is 35.1 Å². The van der Waals surface area contributed by atoms with Gasteiger partial charge in [0, 0.05) is 23.9 Å². The third-order valence-corrected chi connectivity index (χ3v) is 6.02. The van der Waals surface area contributed by atoms with Crippen LogP contribution in [-0.4, -0.2) is 28.9 Å². The fourth-order valence-corrected chi connectivity index (χ4v) is 4.26. The van der Waals surface area contributed by atoms with E-state index in [2.05, 4.69) is 11.9 Å². The van der Waals surface area contributed by atoms with Gasteiger partial charge in [-0.25, -0.2) is 4.98 Å². The standard InChI is InChI=1S/C14H15ClN2OS2/c1-14(13-16-8-11(15)20-13)3-5-17(6-4-14)12(18)10-2-7-19-9-10/h2,7-9H,3-6H2,1H3. The van der Waals surface area contributed by atoms with Gasteiger partial charge >= 0.3 is 0 Å². The summed E-state index contributed by atoms with van der Waals surface area (Å²) in [6.45, 7) is 3.78. The number of carbonyl (C=O) groups is 1. The number of nitrogens with zero attached hydrogens (tertiary/aromatic N) is 2. The van der Waals surface area contributed by atoms with Gasteiger partial charge in [0.15, 0.2) is 0 Å². The normalized spacial score (nSPS) is 18.2. The first-order valence-electron chi connectivity index (χ1n) is 6.52. The number of carbonyl (C=O) groups excluding carboxylic acids is 1. The molecular weight excluding hydrogens is 312 g/mol. The minimum atomic E-state index is 0.0449. The molecule has 1 saturated heterocycles. The largest absolute Gasteiger partial charge is 0.339 e. The minimum Gasteiger partial charge on any atom is -0.339 e. The number of thiazole rings is 1. The second kappa shape index (κ2) is 5.47. The van der Waals surface area contributed by atoms with Gasteiger partial charge in [0.05, 0.1) is 11.8 Å². The number of likely N-dealkylation sites (tertiary alicyclic amines) is 1. The molecular formula is C14H15ClN2OS2. The van der Waals surface area contributed by atoms with Crippen molar-refractivity contribution in [3.05, 3.63) is 37.9 Å². The molecule has 3 nitrogen and oxygen atoms in total. The van der Waals surface area contributed by atoms with Crippen molar-refractivity contribution in [2.75, 3.05) is 13.1 Å². The number of halogens is 1. The molecule has 0 aliphatic carbocycles. The van der Waals surface area contributed by atoms with Crippen molar-refractivity contribution in [3.8, 4) is 0 Å². The Morgan fingerprint density at radius 1 is 1.45 bits per heavy atom. The van der Waals surface area contributed by atoms with Crippen LogP contribution in [0.5, 0.6) is 0 Å². The van der Waals surface area contributed by atoms with Crippen LogP contribution in [0.25, 0.3) is 0 Å². The molecule has 2 aromatic rings. The average molecular weight is 327 g/mol. The molecule has 0 N–H and O–H groups in total. The molecule has 3 rings (SSSR count). The fraction of sp³-hybridized carbons (Fsp3) is 0.429. The van der Waals surface area contributed by atoms with E-state index in [1.165, 1.54) is 0 Å². The lowest BCUT2D eigenvalue weighted by Gasteiger charge is -2.38. The van der Waals surface area contributed by atoms with Gasteiger partial charge in [-0.15, -0.1) is 11.3 Å². The van der Waals surface area contributed by atoms with Gasteiger partial charge < -0.3 is 4.90 Å². The Bertz CT molecular complexity index is 600. The second-order valence-electron chi connectivity index (χ2n) is 5.33. The zero-order chi connectivity index (χ0) is 14.2. The molecule has 0 radical (unpaired) electrons. The predicted molar refractivity (Wildman–Crippen MR) is 83.9 cm³/mol. The number of hydrogen-bond acceptors (Lipinski definition) is 4. The van der Waals surface area contributed by atoms with Crippen molar-refractivity contribution < 1.29 is 4.79 Å². The molecule has 1 amide bonds. The van der Waals surface area contributed by atoms with Gasteiger partial charge in [0.1, 0.15) is 9.34 Å². The van der Waals surface area contributed by atoms with Gasteiger partial charge in [-0.2, -0.15) is 11.3 Å². The monoisotopic (exact) mass is 326 g/mol.